The van der Waals surface area contributed by atoms with Crippen LogP contribution in [0.15, 0.2) is 24.3 Å². The Labute approximate surface area is 120 Å². The highest BCUT2D eigenvalue weighted by Gasteiger charge is 2.31. The van der Waals surface area contributed by atoms with E-state index in [9.17, 15) is 9.90 Å². The van der Waals surface area contributed by atoms with Crippen molar-refractivity contribution in [1.82, 2.24) is 5.43 Å². The van der Waals surface area contributed by atoms with Gasteiger partial charge in [-0.3, -0.25) is 15.6 Å². The van der Waals surface area contributed by atoms with E-state index in [1.807, 2.05) is 12.1 Å². The number of hydrazine groups is 1. The molecule has 1 saturated carbocycles. The second kappa shape index (κ2) is 5.83. The van der Waals surface area contributed by atoms with Crippen LogP contribution in [-0.2, 0) is 10.2 Å². The molecule has 1 aliphatic rings. The molecule has 4 heteroatoms. The van der Waals surface area contributed by atoms with Crippen molar-refractivity contribution in [3.05, 3.63) is 29.8 Å². The quantitative estimate of drug-likeness (QED) is 0.744. The van der Waals surface area contributed by atoms with Crippen molar-refractivity contribution >= 4 is 11.6 Å². The average molecular weight is 276 g/mol. The van der Waals surface area contributed by atoms with Crippen LogP contribution in [0.3, 0.4) is 0 Å². The summed E-state index contributed by atoms with van der Waals surface area (Å²) in [4.78, 5) is 11.9. The third kappa shape index (κ3) is 3.51. The van der Waals surface area contributed by atoms with Gasteiger partial charge < -0.3 is 5.11 Å². The summed E-state index contributed by atoms with van der Waals surface area (Å²) in [6.07, 6.45) is 1.90. The maximum atomic E-state index is 11.9. The molecule has 2 rings (SSSR count). The summed E-state index contributed by atoms with van der Waals surface area (Å²) in [5.74, 6) is -0.411. The van der Waals surface area contributed by atoms with Gasteiger partial charge in [-0.2, -0.15) is 0 Å². The molecule has 1 fully saturated rings. The number of carbonyl (C=O) groups excluding carboxylic acids is 1. The molecule has 2 unspecified atom stereocenters. The fourth-order valence-electron chi connectivity index (χ4n) is 2.53. The van der Waals surface area contributed by atoms with Gasteiger partial charge in [0.05, 0.1) is 17.7 Å². The number of hydrogen-bond donors (Lipinski definition) is 3. The minimum atomic E-state index is -0.500. The van der Waals surface area contributed by atoms with Crippen LogP contribution >= 0.6 is 0 Å². The first-order valence-corrected chi connectivity index (χ1v) is 7.22. The van der Waals surface area contributed by atoms with Gasteiger partial charge in [-0.1, -0.05) is 32.9 Å². The topological polar surface area (TPSA) is 61.4 Å². The van der Waals surface area contributed by atoms with Crippen LogP contribution in [0, 0.1) is 5.92 Å². The molecule has 3 N–H and O–H groups in total. The first kappa shape index (κ1) is 14.9. The molecule has 2 atom stereocenters. The van der Waals surface area contributed by atoms with Crippen LogP contribution in [0.5, 0.6) is 0 Å². The lowest BCUT2D eigenvalue weighted by Gasteiger charge is -2.20. The molecule has 0 aromatic heterocycles. The van der Waals surface area contributed by atoms with E-state index in [0.29, 0.717) is 0 Å². The zero-order valence-electron chi connectivity index (χ0n) is 12.4. The summed E-state index contributed by atoms with van der Waals surface area (Å²) in [5, 5.41) is 9.69. The fraction of sp³-hybridized carbons (Fsp3) is 0.562. The number of rotatable bonds is 3. The van der Waals surface area contributed by atoms with E-state index in [2.05, 4.69) is 43.8 Å². The van der Waals surface area contributed by atoms with Crippen molar-refractivity contribution in [2.24, 2.45) is 5.92 Å². The maximum Gasteiger partial charge on any atom is 0.244 e. The van der Waals surface area contributed by atoms with Gasteiger partial charge in [-0.25, -0.2) is 0 Å². The van der Waals surface area contributed by atoms with Crippen LogP contribution < -0.4 is 10.9 Å². The molecule has 0 spiro atoms. The highest BCUT2D eigenvalue weighted by atomic mass is 16.3. The Morgan fingerprint density at radius 2 is 1.85 bits per heavy atom. The molecule has 0 heterocycles. The van der Waals surface area contributed by atoms with Crippen molar-refractivity contribution in [2.45, 2.75) is 51.6 Å². The summed E-state index contributed by atoms with van der Waals surface area (Å²) in [5.41, 5.74) is 7.81. The molecule has 110 valence electrons. The summed E-state index contributed by atoms with van der Waals surface area (Å²) < 4.78 is 0. The van der Waals surface area contributed by atoms with Gasteiger partial charge >= 0.3 is 0 Å². The zero-order chi connectivity index (χ0) is 14.8. The van der Waals surface area contributed by atoms with Crippen LogP contribution in [0.2, 0.25) is 0 Å². The van der Waals surface area contributed by atoms with E-state index in [1.54, 1.807) is 0 Å². The minimum Gasteiger partial charge on any atom is -0.392 e. The molecule has 0 saturated heterocycles. The number of anilines is 1. The molecule has 4 nitrogen and oxygen atoms in total. The summed E-state index contributed by atoms with van der Waals surface area (Å²) >= 11 is 0. The number of amides is 1. The minimum absolute atomic E-state index is 0.121. The van der Waals surface area contributed by atoms with Gasteiger partial charge in [0.2, 0.25) is 5.91 Å². The highest BCUT2D eigenvalue weighted by Crippen LogP contribution is 2.26. The molecule has 1 aliphatic carbocycles. The van der Waals surface area contributed by atoms with Gasteiger partial charge in [-0.15, -0.1) is 0 Å². The Bertz CT molecular complexity index is 462. The van der Waals surface area contributed by atoms with Gasteiger partial charge in [0.25, 0.3) is 0 Å². The Hall–Kier alpha value is -1.55. The molecule has 0 bridgehead atoms. The van der Waals surface area contributed by atoms with E-state index in [-0.39, 0.29) is 17.2 Å². The maximum absolute atomic E-state index is 11.9. The second-order valence-electron chi connectivity index (χ2n) is 6.55. The molecular weight excluding hydrogens is 252 g/mol. The highest BCUT2D eigenvalue weighted by molar-refractivity contribution is 5.80. The standard InChI is InChI=1S/C16H24N2O2/c1-16(2,3)11-7-9-12(10-8-11)17-18-15(20)13-5-4-6-14(13)19/h7-10,13-14,17,19H,4-6H2,1-3H3,(H,18,20). The lowest BCUT2D eigenvalue weighted by Crippen LogP contribution is -2.38. The van der Waals surface area contributed by atoms with Gasteiger partial charge in [0.15, 0.2) is 0 Å². The number of nitrogens with one attached hydrogen (secondary N) is 2. The Kier molecular flexibility index (Phi) is 4.33. The zero-order valence-corrected chi connectivity index (χ0v) is 12.4. The third-order valence-electron chi connectivity index (χ3n) is 3.90. The van der Waals surface area contributed by atoms with E-state index in [4.69, 9.17) is 0 Å². The van der Waals surface area contributed by atoms with Crippen LogP contribution in [0.4, 0.5) is 5.69 Å². The molecule has 20 heavy (non-hydrogen) atoms. The van der Waals surface area contributed by atoms with E-state index in [1.165, 1.54) is 5.56 Å². The Balaban J connectivity index is 1.89. The molecule has 1 amide bonds. The number of hydrogen-bond acceptors (Lipinski definition) is 3. The third-order valence-corrected chi connectivity index (χ3v) is 3.90. The van der Waals surface area contributed by atoms with Crippen molar-refractivity contribution in [2.75, 3.05) is 5.43 Å². The fourth-order valence-corrected chi connectivity index (χ4v) is 2.53. The SMILES string of the molecule is CC(C)(C)c1ccc(NNC(=O)C2CCCC2O)cc1. The molecular formula is C16H24N2O2. The predicted molar refractivity (Wildman–Crippen MR) is 80.3 cm³/mol. The largest absolute Gasteiger partial charge is 0.392 e. The monoisotopic (exact) mass is 276 g/mol. The number of benzene rings is 1. The summed E-state index contributed by atoms with van der Waals surface area (Å²) in [6, 6.07) is 8.01. The normalized spacial score (nSPS) is 22.6. The van der Waals surface area contributed by atoms with Crippen molar-refractivity contribution in [3.8, 4) is 0 Å². The van der Waals surface area contributed by atoms with Crippen molar-refractivity contribution in [1.29, 1.82) is 0 Å². The van der Waals surface area contributed by atoms with Gasteiger partial charge in [0.1, 0.15) is 0 Å². The van der Waals surface area contributed by atoms with Crippen LogP contribution in [-0.4, -0.2) is 17.1 Å². The number of carbonyl (C=O) groups is 1. The summed E-state index contributed by atoms with van der Waals surface area (Å²) in [7, 11) is 0. The van der Waals surface area contributed by atoms with Crippen molar-refractivity contribution in [3.63, 3.8) is 0 Å². The Morgan fingerprint density at radius 3 is 2.35 bits per heavy atom. The van der Waals surface area contributed by atoms with Gasteiger partial charge in [-0.05, 0) is 42.4 Å². The van der Waals surface area contributed by atoms with Crippen LogP contribution in [0.25, 0.3) is 0 Å². The smallest absolute Gasteiger partial charge is 0.244 e. The first-order chi connectivity index (χ1) is 9.38. The predicted octanol–water partition coefficient (Wildman–Crippen LogP) is 2.59. The second-order valence-corrected chi connectivity index (χ2v) is 6.55. The van der Waals surface area contributed by atoms with E-state index >= 15 is 0 Å². The van der Waals surface area contributed by atoms with E-state index < -0.39 is 6.10 Å². The number of aliphatic hydroxyl groups excluding tert-OH is 1. The average Bonchev–Trinajstić information content (AvgIpc) is 2.82. The van der Waals surface area contributed by atoms with Crippen molar-refractivity contribution < 1.29 is 9.90 Å². The van der Waals surface area contributed by atoms with Crippen LogP contribution in [0.1, 0.15) is 45.6 Å². The first-order valence-electron chi connectivity index (χ1n) is 7.22. The molecule has 1 aromatic carbocycles. The van der Waals surface area contributed by atoms with E-state index in [0.717, 1.165) is 24.9 Å². The lowest BCUT2D eigenvalue weighted by atomic mass is 9.87. The Morgan fingerprint density at radius 1 is 1.20 bits per heavy atom. The molecule has 1 aromatic rings. The molecule has 0 aliphatic heterocycles. The molecule has 0 radical (unpaired) electrons. The summed E-state index contributed by atoms with van der Waals surface area (Å²) in [6.45, 7) is 6.50. The van der Waals surface area contributed by atoms with Gasteiger partial charge in [0, 0.05) is 0 Å². The lowest BCUT2D eigenvalue weighted by molar-refractivity contribution is -0.126. The number of aliphatic hydroxyl groups is 1.